The van der Waals surface area contributed by atoms with Crippen LogP contribution in [0.1, 0.15) is 20.3 Å². The number of aliphatic hydroxyl groups excluding tert-OH is 1. The van der Waals surface area contributed by atoms with Crippen LogP contribution in [0.15, 0.2) is 0 Å². The molecule has 0 aromatic heterocycles. The van der Waals surface area contributed by atoms with Gasteiger partial charge in [0.15, 0.2) is 0 Å². The predicted molar refractivity (Wildman–Crippen MR) is 44.5 cm³/mol. The Balaban J connectivity index is 3.85. The second-order valence-corrected chi connectivity index (χ2v) is 2.50. The number of rotatable bonds is 6. The minimum Gasteiger partial charge on any atom is -0.395 e. The number of aliphatic hydroxyl groups is 1. The monoisotopic (exact) mass is 159 g/mol. The van der Waals surface area contributed by atoms with E-state index in [1.165, 1.54) is 0 Å². The molecule has 0 amide bonds. The molecule has 0 saturated heterocycles. The van der Waals surface area contributed by atoms with Crippen LogP contribution in [-0.2, 0) is 4.79 Å². The van der Waals surface area contributed by atoms with Crippen molar-refractivity contribution in [2.75, 3.05) is 19.7 Å². The Bertz CT molecular complexity index is 102. The predicted octanol–water partition coefficient (Wildman–Crippen LogP) is 0.278. The Morgan fingerprint density at radius 1 is 1.55 bits per heavy atom. The van der Waals surface area contributed by atoms with Gasteiger partial charge in [0.2, 0.25) is 0 Å². The van der Waals surface area contributed by atoms with Crippen molar-refractivity contribution in [2.24, 2.45) is 0 Å². The Kier molecular flexibility index (Phi) is 6.07. The first-order valence-electron chi connectivity index (χ1n) is 4.08. The van der Waals surface area contributed by atoms with Crippen LogP contribution in [0.25, 0.3) is 0 Å². The average Bonchev–Trinajstić information content (AvgIpc) is 2.05. The van der Waals surface area contributed by atoms with Crippen molar-refractivity contribution >= 4 is 6.29 Å². The molecule has 1 N–H and O–H groups in total. The maximum Gasteiger partial charge on any atom is 0.133 e. The molecule has 0 spiro atoms. The van der Waals surface area contributed by atoms with E-state index in [0.717, 1.165) is 19.3 Å². The second kappa shape index (κ2) is 6.31. The summed E-state index contributed by atoms with van der Waals surface area (Å²) in [7, 11) is 0. The fourth-order valence-electron chi connectivity index (χ4n) is 1.13. The number of hydrogen-bond acceptors (Lipinski definition) is 3. The summed E-state index contributed by atoms with van der Waals surface area (Å²) >= 11 is 0. The van der Waals surface area contributed by atoms with Crippen molar-refractivity contribution in [3.8, 4) is 0 Å². The number of carbonyl (C=O) groups is 1. The lowest BCUT2D eigenvalue weighted by Gasteiger charge is -2.25. The maximum atomic E-state index is 10.2. The van der Waals surface area contributed by atoms with Gasteiger partial charge in [-0.3, -0.25) is 4.90 Å². The van der Waals surface area contributed by atoms with Gasteiger partial charge in [0.05, 0.1) is 13.2 Å². The molecule has 0 aromatic rings. The Hall–Kier alpha value is -0.410. The van der Waals surface area contributed by atoms with E-state index in [2.05, 4.69) is 0 Å². The molecule has 3 heteroatoms. The van der Waals surface area contributed by atoms with Crippen molar-refractivity contribution in [1.29, 1.82) is 0 Å². The van der Waals surface area contributed by atoms with Gasteiger partial charge in [0.1, 0.15) is 6.29 Å². The molecule has 0 fully saturated rings. The Morgan fingerprint density at radius 2 is 2.18 bits per heavy atom. The van der Waals surface area contributed by atoms with E-state index < -0.39 is 0 Å². The summed E-state index contributed by atoms with van der Waals surface area (Å²) in [5.74, 6) is 0. The van der Waals surface area contributed by atoms with Gasteiger partial charge in [-0.25, -0.2) is 0 Å². The number of carbonyl (C=O) groups excluding carboxylic acids is 1. The highest BCUT2D eigenvalue weighted by atomic mass is 16.3. The van der Waals surface area contributed by atoms with E-state index in [9.17, 15) is 4.79 Å². The lowest BCUT2D eigenvalue weighted by Crippen LogP contribution is -2.38. The third kappa shape index (κ3) is 3.49. The first kappa shape index (κ1) is 10.6. The zero-order chi connectivity index (χ0) is 8.69. The topological polar surface area (TPSA) is 40.5 Å². The highest BCUT2D eigenvalue weighted by molar-refractivity contribution is 5.52. The van der Waals surface area contributed by atoms with Crippen molar-refractivity contribution in [1.82, 2.24) is 4.90 Å². The zero-order valence-electron chi connectivity index (χ0n) is 7.29. The van der Waals surface area contributed by atoms with Gasteiger partial charge < -0.3 is 9.90 Å². The lowest BCUT2D eigenvalue weighted by molar-refractivity contribution is -0.109. The molecule has 0 saturated carbocycles. The van der Waals surface area contributed by atoms with Gasteiger partial charge in [-0.15, -0.1) is 0 Å². The van der Waals surface area contributed by atoms with E-state index in [-0.39, 0.29) is 12.6 Å². The fourth-order valence-corrected chi connectivity index (χ4v) is 1.13. The van der Waals surface area contributed by atoms with Gasteiger partial charge in [-0.2, -0.15) is 0 Å². The molecule has 1 atom stereocenters. The van der Waals surface area contributed by atoms with Crippen molar-refractivity contribution in [3.05, 3.63) is 0 Å². The number of aldehydes is 1. The smallest absolute Gasteiger partial charge is 0.133 e. The third-order valence-corrected chi connectivity index (χ3v) is 1.91. The highest BCUT2D eigenvalue weighted by Gasteiger charge is 2.12. The zero-order valence-corrected chi connectivity index (χ0v) is 7.29. The molecule has 0 bridgehead atoms. The molecule has 1 unspecified atom stereocenters. The summed E-state index contributed by atoms with van der Waals surface area (Å²) in [4.78, 5) is 12.2. The van der Waals surface area contributed by atoms with Crippen LogP contribution in [0.4, 0.5) is 0 Å². The van der Waals surface area contributed by atoms with Gasteiger partial charge in [-0.1, -0.05) is 13.8 Å². The molecule has 0 aliphatic carbocycles. The van der Waals surface area contributed by atoms with E-state index in [4.69, 9.17) is 5.11 Å². The molecule has 0 radical (unpaired) electrons. The van der Waals surface area contributed by atoms with Crippen LogP contribution < -0.4 is 0 Å². The molecule has 0 rings (SSSR count). The quantitative estimate of drug-likeness (QED) is 0.566. The van der Waals surface area contributed by atoms with Crippen LogP contribution in [0.2, 0.25) is 0 Å². The summed E-state index contributed by atoms with van der Waals surface area (Å²) in [6.07, 6.45) is 1.76. The summed E-state index contributed by atoms with van der Waals surface area (Å²) < 4.78 is 0. The normalized spacial score (nSPS) is 13.5. The van der Waals surface area contributed by atoms with Crippen LogP contribution in [0.3, 0.4) is 0 Å². The minimum atomic E-state index is 0.137. The molecule has 66 valence electrons. The summed E-state index contributed by atoms with van der Waals surface area (Å²) in [5, 5.41) is 8.90. The van der Waals surface area contributed by atoms with E-state index in [1.807, 2.05) is 18.7 Å². The Labute approximate surface area is 68.0 Å². The van der Waals surface area contributed by atoms with Crippen LogP contribution in [0, 0.1) is 0 Å². The molecule has 0 aliphatic rings. The minimum absolute atomic E-state index is 0.137. The van der Waals surface area contributed by atoms with Gasteiger partial charge in [-0.05, 0) is 13.0 Å². The third-order valence-electron chi connectivity index (χ3n) is 1.91. The fraction of sp³-hybridized carbons (Fsp3) is 0.875. The molecule has 3 nitrogen and oxygen atoms in total. The van der Waals surface area contributed by atoms with E-state index in [1.54, 1.807) is 0 Å². The molecular formula is C8H17NO2. The first-order chi connectivity index (χ1) is 5.29. The molecule has 0 aliphatic heterocycles. The summed E-state index contributed by atoms with van der Waals surface area (Å²) in [6.45, 7) is 5.38. The van der Waals surface area contributed by atoms with Gasteiger partial charge in [0.25, 0.3) is 0 Å². The largest absolute Gasteiger partial charge is 0.395 e. The molecule has 0 aromatic carbocycles. The van der Waals surface area contributed by atoms with Crippen LogP contribution in [0.5, 0.6) is 0 Å². The molecule has 0 heterocycles. The van der Waals surface area contributed by atoms with Gasteiger partial charge in [0, 0.05) is 6.04 Å². The standard InChI is InChI=1S/C8H17NO2/c1-3-8(7-11)9(4-2)5-6-10/h6,8,11H,3-5,7H2,1-2H3. The van der Waals surface area contributed by atoms with Gasteiger partial charge >= 0.3 is 0 Å². The van der Waals surface area contributed by atoms with E-state index in [0.29, 0.717) is 6.54 Å². The maximum absolute atomic E-state index is 10.2. The van der Waals surface area contributed by atoms with Crippen LogP contribution >= 0.6 is 0 Å². The average molecular weight is 159 g/mol. The van der Waals surface area contributed by atoms with Crippen molar-refractivity contribution < 1.29 is 9.90 Å². The van der Waals surface area contributed by atoms with Crippen molar-refractivity contribution in [2.45, 2.75) is 26.3 Å². The SMILES string of the molecule is CCC(CO)N(CC)CC=O. The number of nitrogens with zero attached hydrogens (tertiary/aromatic N) is 1. The van der Waals surface area contributed by atoms with Crippen LogP contribution in [-0.4, -0.2) is 42.0 Å². The lowest BCUT2D eigenvalue weighted by atomic mass is 10.2. The molecular weight excluding hydrogens is 142 g/mol. The first-order valence-corrected chi connectivity index (χ1v) is 4.08. The second-order valence-electron chi connectivity index (χ2n) is 2.50. The van der Waals surface area contributed by atoms with E-state index >= 15 is 0 Å². The molecule has 11 heavy (non-hydrogen) atoms. The summed E-state index contributed by atoms with van der Waals surface area (Å²) in [6, 6.07) is 0.144. The summed E-state index contributed by atoms with van der Waals surface area (Å²) in [5.41, 5.74) is 0. The number of hydrogen-bond donors (Lipinski definition) is 1. The number of likely N-dealkylation sites (N-methyl/N-ethyl adjacent to an activating group) is 1. The Morgan fingerprint density at radius 3 is 2.45 bits per heavy atom. The highest BCUT2D eigenvalue weighted by Crippen LogP contribution is 2.01. The van der Waals surface area contributed by atoms with Crippen molar-refractivity contribution in [3.63, 3.8) is 0 Å².